The van der Waals surface area contributed by atoms with Crippen molar-refractivity contribution in [3.05, 3.63) is 40.8 Å². The van der Waals surface area contributed by atoms with Gasteiger partial charge in [-0.15, -0.1) is 0 Å². The minimum atomic E-state index is 0.113. The Morgan fingerprint density at radius 1 is 1.20 bits per heavy atom. The number of ether oxygens (including phenoxy) is 1. The number of rotatable bonds is 4. The fourth-order valence-corrected chi connectivity index (χ4v) is 2.09. The summed E-state index contributed by atoms with van der Waals surface area (Å²) in [5, 5.41) is 0.171. The molecule has 0 aliphatic rings. The molecule has 1 aromatic carbocycles. The number of hydrogen-bond donors (Lipinski definition) is 0. The zero-order valence-electron chi connectivity index (χ0n) is 11.6. The number of aldehydes is 1. The summed E-state index contributed by atoms with van der Waals surface area (Å²) in [5.74, 6) is 1.30. The molecule has 0 bridgehead atoms. The van der Waals surface area contributed by atoms with E-state index in [9.17, 15) is 4.79 Å². The Bertz CT molecular complexity index is 625. The number of benzene rings is 1. The Balaban J connectivity index is 2.43. The van der Waals surface area contributed by atoms with E-state index in [0.29, 0.717) is 23.4 Å². The predicted molar refractivity (Wildman–Crippen MR) is 78.4 cm³/mol. The molecule has 0 aliphatic heterocycles. The lowest BCUT2D eigenvalue weighted by Crippen LogP contribution is -2.05. The fraction of sp³-hybridized carbons (Fsp3) is 0.267. The number of aromatic nitrogens is 2. The highest BCUT2D eigenvalue weighted by Gasteiger charge is 2.13. The molecule has 0 saturated carbocycles. The summed E-state index contributed by atoms with van der Waals surface area (Å²) in [7, 11) is 0. The largest absolute Gasteiger partial charge is 0.491 e. The molecule has 0 amide bonds. The number of halogens is 1. The number of hydrogen-bond acceptors (Lipinski definition) is 4. The Kier molecular flexibility index (Phi) is 4.35. The summed E-state index contributed by atoms with van der Waals surface area (Å²) in [6.07, 6.45) is 0.789. The van der Waals surface area contributed by atoms with Crippen molar-refractivity contribution in [1.82, 2.24) is 9.97 Å². The summed E-state index contributed by atoms with van der Waals surface area (Å²) in [4.78, 5) is 19.4. The first-order chi connectivity index (χ1) is 9.51. The van der Waals surface area contributed by atoms with Crippen LogP contribution in [0, 0.1) is 6.92 Å². The van der Waals surface area contributed by atoms with Gasteiger partial charge >= 0.3 is 0 Å². The monoisotopic (exact) mass is 290 g/mol. The molecule has 0 unspecified atom stereocenters. The normalized spacial score (nSPS) is 10.7. The van der Waals surface area contributed by atoms with Gasteiger partial charge in [0.05, 0.1) is 17.4 Å². The third kappa shape index (κ3) is 3.14. The van der Waals surface area contributed by atoms with Gasteiger partial charge in [0.2, 0.25) is 0 Å². The fourth-order valence-electron chi connectivity index (χ4n) is 1.84. The molecule has 104 valence electrons. The van der Waals surface area contributed by atoms with E-state index >= 15 is 0 Å². The van der Waals surface area contributed by atoms with Gasteiger partial charge in [0.1, 0.15) is 16.7 Å². The molecule has 2 aromatic rings. The summed E-state index contributed by atoms with van der Waals surface area (Å²) in [5.41, 5.74) is 1.64. The van der Waals surface area contributed by atoms with Gasteiger partial charge < -0.3 is 4.74 Å². The molecule has 0 aliphatic carbocycles. The lowest BCUT2D eigenvalue weighted by atomic mass is 10.1. The molecule has 0 spiro atoms. The zero-order chi connectivity index (χ0) is 14.7. The molecular formula is C15H15ClN2O2. The highest BCUT2D eigenvalue weighted by atomic mass is 35.5. The van der Waals surface area contributed by atoms with Crippen LogP contribution in [-0.4, -0.2) is 22.4 Å². The summed E-state index contributed by atoms with van der Waals surface area (Å²) in [6.45, 7) is 5.66. The first kappa shape index (κ1) is 14.5. The molecule has 1 aromatic heterocycles. The van der Waals surface area contributed by atoms with Crippen molar-refractivity contribution in [2.24, 2.45) is 0 Å². The Morgan fingerprint density at radius 3 is 2.40 bits per heavy atom. The second kappa shape index (κ2) is 6.01. The smallest absolute Gasteiger partial charge is 0.155 e. The van der Waals surface area contributed by atoms with Crippen molar-refractivity contribution < 1.29 is 9.53 Å². The van der Waals surface area contributed by atoms with Gasteiger partial charge in [-0.1, -0.05) is 11.6 Å². The van der Waals surface area contributed by atoms with Crippen LogP contribution in [0.4, 0.5) is 0 Å². The molecule has 0 fully saturated rings. The van der Waals surface area contributed by atoms with E-state index in [-0.39, 0.29) is 11.3 Å². The van der Waals surface area contributed by atoms with E-state index in [2.05, 4.69) is 9.97 Å². The SMILES string of the molecule is Cc1nc(Cl)c(C=O)c(-c2ccc(OC(C)C)cc2)n1. The van der Waals surface area contributed by atoms with Gasteiger partial charge in [0, 0.05) is 5.56 Å². The van der Waals surface area contributed by atoms with E-state index in [1.807, 2.05) is 38.1 Å². The summed E-state index contributed by atoms with van der Waals surface area (Å²) in [6, 6.07) is 7.39. The maximum atomic E-state index is 11.2. The highest BCUT2D eigenvalue weighted by molar-refractivity contribution is 6.32. The Labute approximate surface area is 122 Å². The molecule has 5 heteroatoms. The van der Waals surface area contributed by atoms with Crippen LogP contribution < -0.4 is 4.74 Å². The summed E-state index contributed by atoms with van der Waals surface area (Å²) >= 11 is 5.98. The van der Waals surface area contributed by atoms with Gasteiger partial charge in [-0.05, 0) is 45.0 Å². The van der Waals surface area contributed by atoms with Crippen LogP contribution in [0.1, 0.15) is 30.0 Å². The molecule has 2 rings (SSSR count). The van der Waals surface area contributed by atoms with Gasteiger partial charge in [-0.25, -0.2) is 9.97 Å². The van der Waals surface area contributed by atoms with Crippen molar-refractivity contribution in [2.45, 2.75) is 26.9 Å². The van der Waals surface area contributed by atoms with Gasteiger partial charge in [-0.2, -0.15) is 0 Å². The van der Waals surface area contributed by atoms with Crippen molar-refractivity contribution in [2.75, 3.05) is 0 Å². The van der Waals surface area contributed by atoms with Gasteiger partial charge in [0.15, 0.2) is 6.29 Å². The zero-order valence-corrected chi connectivity index (χ0v) is 12.3. The topological polar surface area (TPSA) is 52.1 Å². The molecule has 4 nitrogen and oxygen atoms in total. The van der Waals surface area contributed by atoms with Crippen LogP contribution in [0.25, 0.3) is 11.3 Å². The highest BCUT2D eigenvalue weighted by Crippen LogP contribution is 2.27. The van der Waals surface area contributed by atoms with Crippen molar-refractivity contribution in [1.29, 1.82) is 0 Å². The second-order valence-corrected chi connectivity index (χ2v) is 4.99. The predicted octanol–water partition coefficient (Wildman–Crippen LogP) is 3.71. The first-order valence-corrected chi connectivity index (χ1v) is 6.65. The Hall–Kier alpha value is -1.94. The molecule has 0 N–H and O–H groups in total. The van der Waals surface area contributed by atoms with E-state index in [1.165, 1.54) is 0 Å². The van der Waals surface area contributed by atoms with Crippen LogP contribution in [0.15, 0.2) is 24.3 Å². The maximum Gasteiger partial charge on any atom is 0.155 e. The number of carbonyl (C=O) groups excluding carboxylic acids is 1. The number of nitrogens with zero attached hydrogens (tertiary/aromatic N) is 2. The Morgan fingerprint density at radius 2 is 1.85 bits per heavy atom. The van der Waals surface area contributed by atoms with Crippen LogP contribution in [-0.2, 0) is 0 Å². The van der Waals surface area contributed by atoms with E-state index in [0.717, 1.165) is 11.3 Å². The molecule has 1 heterocycles. The molecule has 0 atom stereocenters. The average Bonchev–Trinajstić information content (AvgIpc) is 2.38. The van der Waals surface area contributed by atoms with Gasteiger partial charge in [0.25, 0.3) is 0 Å². The third-order valence-electron chi connectivity index (χ3n) is 2.63. The van der Waals surface area contributed by atoms with E-state index in [1.54, 1.807) is 6.92 Å². The number of aryl methyl sites for hydroxylation is 1. The minimum Gasteiger partial charge on any atom is -0.491 e. The lowest BCUT2D eigenvalue weighted by molar-refractivity contribution is 0.112. The maximum absolute atomic E-state index is 11.2. The van der Waals surface area contributed by atoms with Crippen molar-refractivity contribution in [3.8, 4) is 17.0 Å². The minimum absolute atomic E-state index is 0.113. The van der Waals surface area contributed by atoms with E-state index in [4.69, 9.17) is 16.3 Å². The van der Waals surface area contributed by atoms with Crippen LogP contribution in [0.3, 0.4) is 0 Å². The van der Waals surface area contributed by atoms with Crippen molar-refractivity contribution >= 4 is 17.9 Å². The number of carbonyl (C=O) groups is 1. The second-order valence-electron chi connectivity index (χ2n) is 4.63. The summed E-state index contributed by atoms with van der Waals surface area (Å²) < 4.78 is 5.58. The first-order valence-electron chi connectivity index (χ1n) is 6.27. The molecular weight excluding hydrogens is 276 g/mol. The average molecular weight is 291 g/mol. The third-order valence-corrected chi connectivity index (χ3v) is 2.92. The van der Waals surface area contributed by atoms with Crippen LogP contribution in [0.5, 0.6) is 5.75 Å². The molecule has 0 saturated heterocycles. The van der Waals surface area contributed by atoms with Gasteiger partial charge in [-0.3, -0.25) is 4.79 Å². The molecule has 0 radical (unpaired) electrons. The van der Waals surface area contributed by atoms with Crippen LogP contribution in [0.2, 0.25) is 5.15 Å². The lowest BCUT2D eigenvalue weighted by Gasteiger charge is -2.11. The van der Waals surface area contributed by atoms with Crippen LogP contribution >= 0.6 is 11.6 Å². The quantitative estimate of drug-likeness (QED) is 0.636. The van der Waals surface area contributed by atoms with E-state index < -0.39 is 0 Å². The molecule has 20 heavy (non-hydrogen) atoms. The van der Waals surface area contributed by atoms with Crippen molar-refractivity contribution in [3.63, 3.8) is 0 Å². The standard InChI is InChI=1S/C15H15ClN2O2/c1-9(2)20-12-6-4-11(5-7-12)14-13(8-19)15(16)18-10(3)17-14/h4-9H,1-3H3.